The van der Waals surface area contributed by atoms with E-state index >= 15 is 0 Å². The Morgan fingerprint density at radius 2 is 1.94 bits per heavy atom. The van der Waals surface area contributed by atoms with Gasteiger partial charge in [-0.2, -0.15) is 4.98 Å². The first-order valence-corrected chi connectivity index (χ1v) is 11.9. The van der Waals surface area contributed by atoms with Gasteiger partial charge in [0.2, 0.25) is 0 Å². The zero-order valence-corrected chi connectivity index (χ0v) is 19.0. The molecule has 1 saturated heterocycles. The van der Waals surface area contributed by atoms with Crippen LogP contribution in [-0.4, -0.2) is 41.6 Å². The maximum atomic E-state index is 14.9. The molecule has 5 nitrogen and oxygen atoms in total. The van der Waals surface area contributed by atoms with Crippen LogP contribution in [0, 0.1) is 18.6 Å². The van der Waals surface area contributed by atoms with Crippen LogP contribution in [0.25, 0.3) is 22.0 Å². The van der Waals surface area contributed by atoms with Gasteiger partial charge in [-0.05, 0) is 49.9 Å². The van der Waals surface area contributed by atoms with Crippen molar-refractivity contribution in [3.8, 4) is 11.1 Å². The lowest BCUT2D eigenvalue weighted by Gasteiger charge is -2.29. The Balaban J connectivity index is 1.84. The van der Waals surface area contributed by atoms with Crippen molar-refractivity contribution in [2.75, 3.05) is 30.9 Å². The van der Waals surface area contributed by atoms with Gasteiger partial charge in [-0.15, -0.1) is 11.8 Å². The molecule has 1 aromatic heterocycles. The molecule has 0 amide bonds. The minimum Gasteiger partial charge on any atom is -0.379 e. The van der Waals surface area contributed by atoms with Gasteiger partial charge in [0.25, 0.3) is 0 Å². The molecular weight excluding hydrogens is 432 g/mol. The number of piperidine rings is 1. The number of nitrogens with zero attached hydrogens (tertiary/aromatic N) is 3. The van der Waals surface area contributed by atoms with E-state index in [9.17, 15) is 13.6 Å². The van der Waals surface area contributed by atoms with Gasteiger partial charge in [-0.1, -0.05) is 0 Å². The highest BCUT2D eigenvalue weighted by Gasteiger charge is 2.28. The predicted octanol–water partition coefficient (Wildman–Crippen LogP) is 4.76. The molecule has 2 aromatic carbocycles. The number of rotatable bonds is 3. The van der Waals surface area contributed by atoms with Crippen molar-refractivity contribution in [3.63, 3.8) is 0 Å². The lowest BCUT2D eigenvalue weighted by molar-refractivity contribution is 0.107. The van der Waals surface area contributed by atoms with Crippen LogP contribution >= 0.6 is 11.8 Å². The van der Waals surface area contributed by atoms with Crippen LogP contribution in [0.4, 0.5) is 14.6 Å². The summed E-state index contributed by atoms with van der Waals surface area (Å²) in [6, 6.07) is 5.65. The third kappa shape index (κ3) is 3.59. The summed E-state index contributed by atoms with van der Waals surface area (Å²) in [5.41, 5.74) is 2.34. The van der Waals surface area contributed by atoms with Gasteiger partial charge < -0.3 is 9.64 Å². The number of hydrogen-bond acceptors (Lipinski definition) is 5. The Morgan fingerprint density at radius 3 is 2.66 bits per heavy atom. The second-order valence-corrected chi connectivity index (χ2v) is 9.49. The Bertz CT molecular complexity index is 1250. The molecule has 1 fully saturated rings. The summed E-state index contributed by atoms with van der Waals surface area (Å²) in [4.78, 5) is 20.7. The zero-order valence-electron chi connectivity index (χ0n) is 18.2. The van der Waals surface area contributed by atoms with Crippen molar-refractivity contribution in [3.05, 3.63) is 51.9 Å². The van der Waals surface area contributed by atoms with E-state index in [4.69, 9.17) is 4.74 Å². The van der Waals surface area contributed by atoms with E-state index in [1.54, 1.807) is 23.4 Å². The van der Waals surface area contributed by atoms with Gasteiger partial charge in [0.05, 0.1) is 18.2 Å². The monoisotopic (exact) mass is 457 g/mol. The quantitative estimate of drug-likeness (QED) is 0.568. The highest BCUT2D eigenvalue weighted by atomic mass is 32.2. The fourth-order valence-electron chi connectivity index (χ4n) is 4.78. The number of halogens is 2. The van der Waals surface area contributed by atoms with E-state index in [1.165, 1.54) is 18.6 Å². The third-order valence-corrected chi connectivity index (χ3v) is 7.61. The Hall–Kier alpha value is -2.45. The summed E-state index contributed by atoms with van der Waals surface area (Å²) in [7, 11) is 1.63. The number of aryl methyl sites for hydroxylation is 1. The molecule has 0 saturated carbocycles. The first-order valence-electron chi connectivity index (χ1n) is 10.9. The number of ether oxygens (including phenoxy) is 1. The fraction of sp³-hybridized carbons (Fsp3) is 0.417. The van der Waals surface area contributed by atoms with Crippen molar-refractivity contribution >= 4 is 28.5 Å². The first-order chi connectivity index (χ1) is 15.5. The second-order valence-electron chi connectivity index (χ2n) is 8.46. The van der Waals surface area contributed by atoms with E-state index in [0.717, 1.165) is 53.4 Å². The summed E-state index contributed by atoms with van der Waals surface area (Å²) in [5, 5.41) is 0.898. The molecule has 0 N–H and O–H groups in total. The van der Waals surface area contributed by atoms with Crippen LogP contribution in [0.1, 0.15) is 24.8 Å². The lowest BCUT2D eigenvalue weighted by Crippen LogP contribution is -2.35. The van der Waals surface area contributed by atoms with E-state index in [1.807, 2.05) is 13.0 Å². The molecule has 168 valence electrons. The molecule has 0 radical (unpaired) electrons. The van der Waals surface area contributed by atoms with Gasteiger partial charge in [0.1, 0.15) is 17.5 Å². The van der Waals surface area contributed by atoms with Crippen molar-refractivity contribution < 1.29 is 13.5 Å². The molecule has 32 heavy (non-hydrogen) atoms. The number of benzene rings is 2. The van der Waals surface area contributed by atoms with Crippen LogP contribution in [-0.2, 0) is 11.3 Å². The van der Waals surface area contributed by atoms with Gasteiger partial charge in [-0.3, -0.25) is 4.57 Å². The third-order valence-electron chi connectivity index (χ3n) is 6.38. The molecule has 0 bridgehead atoms. The van der Waals surface area contributed by atoms with Gasteiger partial charge in [0, 0.05) is 53.4 Å². The van der Waals surface area contributed by atoms with Crippen LogP contribution < -0.4 is 10.6 Å². The van der Waals surface area contributed by atoms with Crippen molar-refractivity contribution in [2.45, 2.75) is 43.7 Å². The minimum atomic E-state index is -0.615. The minimum absolute atomic E-state index is 0.179. The van der Waals surface area contributed by atoms with Crippen LogP contribution in [0.2, 0.25) is 0 Å². The molecule has 0 unspecified atom stereocenters. The highest BCUT2D eigenvalue weighted by molar-refractivity contribution is 7.99. The smallest absolute Gasteiger partial charge is 0.350 e. The van der Waals surface area contributed by atoms with Gasteiger partial charge in [0.15, 0.2) is 0 Å². The second kappa shape index (κ2) is 8.48. The normalized spacial score (nSPS) is 18.8. The molecule has 0 aliphatic carbocycles. The maximum Gasteiger partial charge on any atom is 0.350 e. The van der Waals surface area contributed by atoms with E-state index in [2.05, 4.69) is 9.88 Å². The number of aromatic nitrogens is 2. The number of hydrogen-bond donors (Lipinski definition) is 0. The average molecular weight is 458 g/mol. The molecule has 5 rings (SSSR count). The maximum absolute atomic E-state index is 14.9. The molecule has 3 aromatic rings. The van der Waals surface area contributed by atoms with E-state index < -0.39 is 11.6 Å². The Morgan fingerprint density at radius 1 is 1.16 bits per heavy atom. The Kier molecular flexibility index (Phi) is 5.67. The topological polar surface area (TPSA) is 47.4 Å². The molecule has 1 atom stereocenters. The van der Waals surface area contributed by atoms with Gasteiger partial charge >= 0.3 is 5.69 Å². The number of thioether (sulfide) groups is 1. The van der Waals surface area contributed by atoms with Crippen molar-refractivity contribution in [1.29, 1.82) is 0 Å². The first kappa shape index (κ1) is 21.4. The summed E-state index contributed by atoms with van der Waals surface area (Å²) >= 11 is 1.56. The highest BCUT2D eigenvalue weighted by Crippen LogP contribution is 2.44. The van der Waals surface area contributed by atoms with Crippen molar-refractivity contribution in [2.24, 2.45) is 0 Å². The largest absolute Gasteiger partial charge is 0.379 e. The van der Waals surface area contributed by atoms with Gasteiger partial charge in [-0.25, -0.2) is 13.6 Å². The molecule has 2 aliphatic heterocycles. The molecule has 3 heterocycles. The fourth-order valence-corrected chi connectivity index (χ4v) is 6.15. The lowest BCUT2D eigenvalue weighted by atomic mass is 9.97. The van der Waals surface area contributed by atoms with E-state index in [0.29, 0.717) is 29.2 Å². The molecule has 8 heteroatoms. The summed E-state index contributed by atoms with van der Waals surface area (Å²) in [6.45, 7) is 4.04. The van der Waals surface area contributed by atoms with E-state index in [-0.39, 0.29) is 11.8 Å². The number of anilines is 1. The number of methoxy groups -OCH3 is 1. The van der Waals surface area contributed by atoms with Crippen LogP contribution in [0.15, 0.2) is 34.0 Å². The molecular formula is C24H25F2N3O2S. The SMILES string of the molecule is CO[C@H]1CSc2c(-c3ccc(F)cc3F)c(C)cc3c(N4CCCCC4)nc(=O)n(c23)C1. The summed E-state index contributed by atoms with van der Waals surface area (Å²) in [5.74, 6) is 0.0884. The molecule has 0 spiro atoms. The van der Waals surface area contributed by atoms with Crippen LogP contribution in [0.5, 0.6) is 0 Å². The predicted molar refractivity (Wildman–Crippen MR) is 124 cm³/mol. The van der Waals surface area contributed by atoms with Crippen LogP contribution in [0.3, 0.4) is 0 Å². The Labute approximate surface area is 189 Å². The zero-order chi connectivity index (χ0) is 22.4. The van der Waals surface area contributed by atoms with Crippen molar-refractivity contribution in [1.82, 2.24) is 9.55 Å². The standard InChI is InChI=1S/C24H25F2N3O2S/c1-14-10-18-21-22(20(14)17-7-6-15(25)11-19(17)26)32-13-16(31-2)12-29(21)24(30)27-23(18)28-8-4-3-5-9-28/h6-7,10-11,16H,3-5,8-9,12-13H2,1-2H3/t16-/m1/s1. The molecule has 2 aliphatic rings. The summed E-state index contributed by atoms with van der Waals surface area (Å²) in [6.07, 6.45) is 3.13. The summed E-state index contributed by atoms with van der Waals surface area (Å²) < 4.78 is 35.8. The average Bonchev–Trinajstić information content (AvgIpc) is 2.98.